The fourth-order valence-corrected chi connectivity index (χ4v) is 5.07. The second kappa shape index (κ2) is 12.5. The number of benzene rings is 3. The molecule has 0 heterocycles. The number of hydrogen-bond donors (Lipinski definition) is 0. The second-order valence-corrected chi connectivity index (χ2v) is 10.3. The molecule has 0 aliphatic heterocycles. The standard InChI is InChI=1S/C32H34F3NO3/c1-22(24-13-11-23(12-14-24)21-26-9-6-10-29(26)37)31(38)36(2)20-19-30(25-7-4-3-5-8-25)39-28-17-15-27(16-18-28)32(33,34)35/h3-5,7-8,11-18,22,26,30H,6,9-10,19-21H2,1-2H3/t22?,26?,30-/m1/s1. The van der Waals surface area contributed by atoms with Gasteiger partial charge in [-0.15, -0.1) is 0 Å². The minimum absolute atomic E-state index is 0.0323. The van der Waals surface area contributed by atoms with E-state index >= 15 is 0 Å². The van der Waals surface area contributed by atoms with E-state index in [2.05, 4.69) is 0 Å². The van der Waals surface area contributed by atoms with Crippen molar-refractivity contribution in [3.8, 4) is 5.75 Å². The van der Waals surface area contributed by atoms with Gasteiger partial charge in [-0.25, -0.2) is 0 Å². The molecule has 0 spiro atoms. The number of rotatable bonds is 10. The van der Waals surface area contributed by atoms with Gasteiger partial charge in [-0.3, -0.25) is 9.59 Å². The first kappa shape index (κ1) is 28.4. The van der Waals surface area contributed by atoms with Gasteiger partial charge < -0.3 is 9.64 Å². The summed E-state index contributed by atoms with van der Waals surface area (Å²) in [6, 6.07) is 22.0. The molecule has 3 atom stereocenters. The zero-order valence-corrected chi connectivity index (χ0v) is 22.3. The van der Waals surface area contributed by atoms with Crippen molar-refractivity contribution in [1.29, 1.82) is 0 Å². The molecule has 4 rings (SSSR count). The van der Waals surface area contributed by atoms with Crippen LogP contribution in [0, 0.1) is 5.92 Å². The topological polar surface area (TPSA) is 46.6 Å². The minimum atomic E-state index is -4.41. The molecule has 0 N–H and O–H groups in total. The van der Waals surface area contributed by atoms with Crippen molar-refractivity contribution in [1.82, 2.24) is 4.90 Å². The third kappa shape index (κ3) is 7.49. The van der Waals surface area contributed by atoms with Crippen molar-refractivity contribution < 1.29 is 27.5 Å². The highest BCUT2D eigenvalue weighted by Gasteiger charge is 2.30. The molecule has 3 aromatic carbocycles. The van der Waals surface area contributed by atoms with E-state index in [4.69, 9.17) is 4.74 Å². The fraction of sp³-hybridized carbons (Fsp3) is 0.375. The van der Waals surface area contributed by atoms with E-state index in [-0.39, 0.29) is 17.7 Å². The molecule has 2 unspecified atom stereocenters. The van der Waals surface area contributed by atoms with Crippen LogP contribution in [0.1, 0.15) is 66.9 Å². The van der Waals surface area contributed by atoms with E-state index in [1.54, 1.807) is 11.9 Å². The molecule has 1 fully saturated rings. The van der Waals surface area contributed by atoms with Crippen molar-refractivity contribution in [2.75, 3.05) is 13.6 Å². The van der Waals surface area contributed by atoms with Gasteiger partial charge in [0.05, 0.1) is 11.5 Å². The van der Waals surface area contributed by atoms with Crippen LogP contribution in [-0.2, 0) is 22.2 Å². The van der Waals surface area contributed by atoms with E-state index in [1.165, 1.54) is 12.1 Å². The van der Waals surface area contributed by atoms with E-state index in [0.29, 0.717) is 30.9 Å². The van der Waals surface area contributed by atoms with Crippen LogP contribution >= 0.6 is 0 Å². The summed E-state index contributed by atoms with van der Waals surface area (Å²) >= 11 is 0. The van der Waals surface area contributed by atoms with Crippen molar-refractivity contribution in [3.05, 3.63) is 101 Å². The molecule has 0 saturated heterocycles. The maximum atomic E-state index is 13.2. The van der Waals surface area contributed by atoms with Crippen molar-refractivity contribution >= 4 is 11.7 Å². The number of Topliss-reactive ketones (excluding diaryl/α,β-unsaturated/α-hetero) is 1. The van der Waals surface area contributed by atoms with Gasteiger partial charge in [-0.1, -0.05) is 54.6 Å². The Morgan fingerprint density at radius 2 is 1.64 bits per heavy atom. The van der Waals surface area contributed by atoms with Crippen LogP contribution in [0.5, 0.6) is 5.75 Å². The lowest BCUT2D eigenvalue weighted by molar-refractivity contribution is -0.137. The number of likely N-dealkylation sites (N-methyl/N-ethyl adjacent to an activating group) is 1. The average molecular weight is 538 g/mol. The van der Waals surface area contributed by atoms with Crippen molar-refractivity contribution in [3.63, 3.8) is 0 Å². The molecule has 1 aliphatic carbocycles. The van der Waals surface area contributed by atoms with Crippen LogP contribution in [0.2, 0.25) is 0 Å². The smallest absolute Gasteiger partial charge is 0.416 e. The SMILES string of the molecule is CC(C(=O)N(C)CC[C@@H](Oc1ccc(C(F)(F)F)cc1)c1ccccc1)c1ccc(CC2CCCC2=O)cc1. The highest BCUT2D eigenvalue weighted by Crippen LogP contribution is 2.32. The molecule has 0 bridgehead atoms. The van der Waals surface area contributed by atoms with Crippen LogP contribution in [0.15, 0.2) is 78.9 Å². The van der Waals surface area contributed by atoms with Crippen molar-refractivity contribution in [2.24, 2.45) is 5.92 Å². The Morgan fingerprint density at radius 3 is 2.23 bits per heavy atom. The van der Waals surface area contributed by atoms with Crippen LogP contribution in [0.3, 0.4) is 0 Å². The summed E-state index contributed by atoms with van der Waals surface area (Å²) in [6.45, 7) is 2.28. The van der Waals surface area contributed by atoms with Gasteiger partial charge in [0.2, 0.25) is 5.91 Å². The molecule has 1 amide bonds. The lowest BCUT2D eigenvalue weighted by atomic mass is 9.93. The normalized spacial score (nSPS) is 17.1. The van der Waals surface area contributed by atoms with Gasteiger partial charge in [0.1, 0.15) is 17.6 Å². The zero-order chi connectivity index (χ0) is 28.0. The molecule has 0 aromatic heterocycles. The lowest BCUT2D eigenvalue weighted by Crippen LogP contribution is -2.32. The summed E-state index contributed by atoms with van der Waals surface area (Å²) in [5.74, 6) is 0.417. The Bertz CT molecular complexity index is 1240. The van der Waals surface area contributed by atoms with Crippen LogP contribution < -0.4 is 4.74 Å². The summed E-state index contributed by atoms with van der Waals surface area (Å²) in [5, 5.41) is 0. The second-order valence-electron chi connectivity index (χ2n) is 10.3. The Labute approximate surface area is 227 Å². The first-order chi connectivity index (χ1) is 18.6. The number of ether oxygens (including phenoxy) is 1. The van der Waals surface area contributed by atoms with E-state index in [0.717, 1.165) is 48.1 Å². The predicted octanol–water partition coefficient (Wildman–Crippen LogP) is 7.39. The molecule has 7 heteroatoms. The Balaban J connectivity index is 1.37. The average Bonchev–Trinajstić information content (AvgIpc) is 3.34. The van der Waals surface area contributed by atoms with Crippen LogP contribution in [0.25, 0.3) is 0 Å². The molecule has 39 heavy (non-hydrogen) atoms. The molecular formula is C32H34F3NO3. The summed E-state index contributed by atoms with van der Waals surface area (Å²) in [7, 11) is 1.75. The number of amides is 1. The Kier molecular flexibility index (Phi) is 9.10. The Hall–Kier alpha value is -3.61. The maximum absolute atomic E-state index is 13.2. The highest BCUT2D eigenvalue weighted by molar-refractivity contribution is 5.83. The quantitative estimate of drug-likeness (QED) is 0.271. The van der Waals surface area contributed by atoms with Gasteiger partial charge in [-0.2, -0.15) is 13.2 Å². The van der Waals surface area contributed by atoms with Gasteiger partial charge in [0, 0.05) is 32.4 Å². The van der Waals surface area contributed by atoms with Crippen LogP contribution in [-0.4, -0.2) is 30.2 Å². The largest absolute Gasteiger partial charge is 0.486 e. The van der Waals surface area contributed by atoms with E-state index < -0.39 is 17.8 Å². The number of carbonyl (C=O) groups is 2. The third-order valence-electron chi connectivity index (χ3n) is 7.50. The highest BCUT2D eigenvalue weighted by atomic mass is 19.4. The van der Waals surface area contributed by atoms with Gasteiger partial charge >= 0.3 is 6.18 Å². The molecule has 3 aromatic rings. The lowest BCUT2D eigenvalue weighted by Gasteiger charge is -2.25. The summed E-state index contributed by atoms with van der Waals surface area (Å²) in [4.78, 5) is 26.9. The molecule has 0 radical (unpaired) electrons. The molecule has 4 nitrogen and oxygen atoms in total. The summed E-state index contributed by atoms with van der Waals surface area (Å²) in [6.07, 6.45) is -1.03. The number of hydrogen-bond acceptors (Lipinski definition) is 3. The van der Waals surface area contributed by atoms with Crippen molar-refractivity contribution in [2.45, 2.75) is 57.2 Å². The van der Waals surface area contributed by atoms with Crippen LogP contribution in [0.4, 0.5) is 13.2 Å². The summed E-state index contributed by atoms with van der Waals surface area (Å²) in [5.41, 5.74) is 2.17. The molecular weight excluding hydrogens is 503 g/mol. The van der Waals surface area contributed by atoms with E-state index in [1.807, 2.05) is 61.5 Å². The minimum Gasteiger partial charge on any atom is -0.486 e. The van der Waals surface area contributed by atoms with Gasteiger partial charge in [0.25, 0.3) is 0 Å². The first-order valence-corrected chi connectivity index (χ1v) is 13.4. The number of halogens is 3. The third-order valence-corrected chi connectivity index (χ3v) is 7.50. The molecule has 206 valence electrons. The fourth-order valence-electron chi connectivity index (χ4n) is 5.07. The maximum Gasteiger partial charge on any atom is 0.416 e. The summed E-state index contributed by atoms with van der Waals surface area (Å²) < 4.78 is 44.9. The molecule has 1 aliphatic rings. The van der Waals surface area contributed by atoms with Gasteiger partial charge in [-0.05, 0) is 67.1 Å². The predicted molar refractivity (Wildman–Crippen MR) is 144 cm³/mol. The van der Waals surface area contributed by atoms with E-state index in [9.17, 15) is 22.8 Å². The number of ketones is 1. The monoisotopic (exact) mass is 537 g/mol. The number of nitrogens with zero attached hydrogens (tertiary/aromatic N) is 1. The number of carbonyl (C=O) groups excluding carboxylic acids is 2. The molecule has 1 saturated carbocycles. The zero-order valence-electron chi connectivity index (χ0n) is 22.3. The number of alkyl halides is 3. The first-order valence-electron chi connectivity index (χ1n) is 13.4. The van der Waals surface area contributed by atoms with Gasteiger partial charge in [0.15, 0.2) is 0 Å². The Morgan fingerprint density at radius 1 is 0.974 bits per heavy atom.